The van der Waals surface area contributed by atoms with E-state index in [1.807, 2.05) is 18.5 Å². The van der Waals surface area contributed by atoms with E-state index < -0.39 is 0 Å². The Morgan fingerprint density at radius 1 is 1.19 bits per heavy atom. The summed E-state index contributed by atoms with van der Waals surface area (Å²) in [6.45, 7) is 8.38. The molecule has 0 amide bonds. The molecule has 0 radical (unpaired) electrons. The van der Waals surface area contributed by atoms with Crippen molar-refractivity contribution in [2.75, 3.05) is 39.3 Å². The molecule has 2 aliphatic rings. The maximum absolute atomic E-state index is 4.15. The summed E-state index contributed by atoms with van der Waals surface area (Å²) in [5, 5.41) is 3.53. The maximum Gasteiger partial charge on any atom is 0.0312 e. The molecule has 1 atom stereocenters. The Labute approximate surface area is 128 Å². The molecule has 4 heteroatoms. The number of likely N-dealkylation sites (tertiary alicyclic amines) is 2. The summed E-state index contributed by atoms with van der Waals surface area (Å²) >= 11 is 0. The number of nitrogens with one attached hydrogen (secondary N) is 1. The van der Waals surface area contributed by atoms with Crippen molar-refractivity contribution >= 4 is 0 Å². The number of nitrogens with zero attached hydrogens (tertiary/aromatic N) is 3. The molecule has 3 heterocycles. The van der Waals surface area contributed by atoms with Crippen LogP contribution in [0, 0.1) is 0 Å². The van der Waals surface area contributed by atoms with E-state index in [2.05, 4.69) is 26.2 Å². The molecule has 2 fully saturated rings. The van der Waals surface area contributed by atoms with E-state index in [4.69, 9.17) is 0 Å². The van der Waals surface area contributed by atoms with E-state index in [0.717, 1.165) is 19.1 Å². The third kappa shape index (κ3) is 4.50. The normalized spacial score (nSPS) is 24.5. The molecule has 1 unspecified atom stereocenters. The minimum atomic E-state index is 0.823. The highest BCUT2D eigenvalue weighted by Crippen LogP contribution is 2.19. The summed E-state index contributed by atoms with van der Waals surface area (Å²) in [6.07, 6.45) is 9.38. The lowest BCUT2D eigenvalue weighted by Crippen LogP contribution is -2.41. The smallest absolute Gasteiger partial charge is 0.0312 e. The van der Waals surface area contributed by atoms with E-state index in [1.165, 1.54) is 64.0 Å². The quantitative estimate of drug-likeness (QED) is 0.808. The average Bonchev–Trinajstić information content (AvgIpc) is 3.02. The summed E-state index contributed by atoms with van der Waals surface area (Å²) in [7, 11) is 0. The van der Waals surface area contributed by atoms with Crippen molar-refractivity contribution in [3.8, 4) is 0 Å². The highest BCUT2D eigenvalue weighted by atomic mass is 15.3. The van der Waals surface area contributed by atoms with Gasteiger partial charge in [-0.1, -0.05) is 12.5 Å². The summed E-state index contributed by atoms with van der Waals surface area (Å²) < 4.78 is 0. The Balaban J connectivity index is 1.31. The van der Waals surface area contributed by atoms with Crippen LogP contribution in [-0.2, 0) is 6.54 Å². The molecule has 1 aromatic rings. The van der Waals surface area contributed by atoms with Crippen molar-refractivity contribution in [3.05, 3.63) is 30.1 Å². The van der Waals surface area contributed by atoms with E-state index in [9.17, 15) is 0 Å². The second-order valence-electron chi connectivity index (χ2n) is 6.38. The zero-order valence-electron chi connectivity index (χ0n) is 13.0. The highest BCUT2D eigenvalue weighted by Gasteiger charge is 2.27. The lowest BCUT2D eigenvalue weighted by atomic mass is 10.1. The summed E-state index contributed by atoms with van der Waals surface area (Å²) in [4.78, 5) is 9.50. The lowest BCUT2D eigenvalue weighted by Gasteiger charge is -2.32. The van der Waals surface area contributed by atoms with Crippen LogP contribution in [0.15, 0.2) is 24.5 Å². The number of piperidine rings is 1. The molecule has 0 spiro atoms. The van der Waals surface area contributed by atoms with Crippen LogP contribution < -0.4 is 5.32 Å². The van der Waals surface area contributed by atoms with Crippen LogP contribution in [0.2, 0.25) is 0 Å². The van der Waals surface area contributed by atoms with E-state index in [-0.39, 0.29) is 0 Å². The number of rotatable bonds is 6. The first kappa shape index (κ1) is 14.9. The first-order chi connectivity index (χ1) is 10.4. The average molecular weight is 288 g/mol. The standard InChI is InChI=1S/C17H28N4/c1-2-9-21(10-3-1)17-6-11-20(15-17)12-8-19-14-16-5-4-7-18-13-16/h4-5,7,13,17,19H,1-3,6,8-12,14-15H2. The van der Waals surface area contributed by atoms with Crippen LogP contribution in [0.4, 0.5) is 0 Å². The van der Waals surface area contributed by atoms with Gasteiger partial charge >= 0.3 is 0 Å². The zero-order valence-corrected chi connectivity index (χ0v) is 13.0. The van der Waals surface area contributed by atoms with Gasteiger partial charge in [-0.25, -0.2) is 0 Å². The molecule has 2 aliphatic heterocycles. The molecular formula is C17H28N4. The minimum absolute atomic E-state index is 0.823. The molecular weight excluding hydrogens is 260 g/mol. The Morgan fingerprint density at radius 3 is 2.90 bits per heavy atom. The van der Waals surface area contributed by atoms with Crippen molar-refractivity contribution in [3.63, 3.8) is 0 Å². The van der Waals surface area contributed by atoms with Gasteiger partial charge in [-0.15, -0.1) is 0 Å². The number of aromatic nitrogens is 1. The fourth-order valence-corrected chi connectivity index (χ4v) is 3.57. The second kappa shape index (κ2) is 7.87. The van der Waals surface area contributed by atoms with Gasteiger partial charge in [-0.3, -0.25) is 9.88 Å². The van der Waals surface area contributed by atoms with Gasteiger partial charge in [0.2, 0.25) is 0 Å². The highest BCUT2D eigenvalue weighted by molar-refractivity contribution is 5.07. The summed E-state index contributed by atoms with van der Waals surface area (Å²) in [5.74, 6) is 0. The molecule has 0 bridgehead atoms. The zero-order chi connectivity index (χ0) is 14.3. The number of pyridine rings is 1. The predicted octanol–water partition coefficient (Wildman–Crippen LogP) is 1.73. The predicted molar refractivity (Wildman–Crippen MR) is 86.2 cm³/mol. The molecule has 1 aromatic heterocycles. The van der Waals surface area contributed by atoms with Gasteiger partial charge in [0, 0.05) is 44.6 Å². The molecule has 0 aromatic carbocycles. The van der Waals surface area contributed by atoms with Crippen LogP contribution >= 0.6 is 0 Å². The van der Waals surface area contributed by atoms with Gasteiger partial charge in [0.25, 0.3) is 0 Å². The Hall–Kier alpha value is -0.970. The summed E-state index contributed by atoms with van der Waals surface area (Å²) in [5.41, 5.74) is 1.27. The molecule has 2 saturated heterocycles. The van der Waals surface area contributed by atoms with E-state index in [0.29, 0.717) is 0 Å². The topological polar surface area (TPSA) is 31.4 Å². The van der Waals surface area contributed by atoms with Crippen molar-refractivity contribution in [2.24, 2.45) is 0 Å². The largest absolute Gasteiger partial charge is 0.311 e. The monoisotopic (exact) mass is 288 g/mol. The Morgan fingerprint density at radius 2 is 2.10 bits per heavy atom. The molecule has 0 aliphatic carbocycles. The van der Waals surface area contributed by atoms with Crippen LogP contribution in [0.3, 0.4) is 0 Å². The molecule has 4 nitrogen and oxygen atoms in total. The first-order valence-electron chi connectivity index (χ1n) is 8.48. The minimum Gasteiger partial charge on any atom is -0.311 e. The summed E-state index contributed by atoms with van der Waals surface area (Å²) in [6, 6.07) is 4.95. The third-order valence-corrected chi connectivity index (χ3v) is 4.81. The Bertz CT molecular complexity index is 403. The fraction of sp³-hybridized carbons (Fsp3) is 0.706. The molecule has 116 valence electrons. The van der Waals surface area contributed by atoms with Crippen LogP contribution in [-0.4, -0.2) is 60.1 Å². The fourth-order valence-electron chi connectivity index (χ4n) is 3.57. The lowest BCUT2D eigenvalue weighted by molar-refractivity contribution is 0.162. The second-order valence-corrected chi connectivity index (χ2v) is 6.38. The molecule has 3 rings (SSSR count). The number of hydrogen-bond acceptors (Lipinski definition) is 4. The van der Waals surface area contributed by atoms with Gasteiger partial charge in [0.1, 0.15) is 0 Å². The molecule has 1 N–H and O–H groups in total. The SMILES string of the molecule is c1cncc(CNCCN2CCC(N3CCCCC3)C2)c1. The van der Waals surface area contributed by atoms with Gasteiger partial charge < -0.3 is 10.2 Å². The first-order valence-corrected chi connectivity index (χ1v) is 8.48. The van der Waals surface area contributed by atoms with Gasteiger partial charge in [0.05, 0.1) is 0 Å². The third-order valence-electron chi connectivity index (χ3n) is 4.81. The van der Waals surface area contributed by atoms with Crippen molar-refractivity contribution < 1.29 is 0 Å². The van der Waals surface area contributed by atoms with Crippen molar-refractivity contribution in [1.82, 2.24) is 20.1 Å². The molecule has 0 saturated carbocycles. The van der Waals surface area contributed by atoms with E-state index in [1.54, 1.807) is 0 Å². The van der Waals surface area contributed by atoms with Crippen LogP contribution in [0.5, 0.6) is 0 Å². The van der Waals surface area contributed by atoms with Gasteiger partial charge in [-0.05, 0) is 50.5 Å². The van der Waals surface area contributed by atoms with Crippen molar-refractivity contribution in [2.45, 2.75) is 38.3 Å². The Kier molecular flexibility index (Phi) is 5.60. The van der Waals surface area contributed by atoms with Crippen molar-refractivity contribution in [1.29, 1.82) is 0 Å². The van der Waals surface area contributed by atoms with Gasteiger partial charge in [-0.2, -0.15) is 0 Å². The van der Waals surface area contributed by atoms with Gasteiger partial charge in [0.15, 0.2) is 0 Å². The van der Waals surface area contributed by atoms with E-state index >= 15 is 0 Å². The maximum atomic E-state index is 4.15. The number of hydrogen-bond donors (Lipinski definition) is 1. The van der Waals surface area contributed by atoms with Crippen LogP contribution in [0.1, 0.15) is 31.2 Å². The van der Waals surface area contributed by atoms with Crippen LogP contribution in [0.25, 0.3) is 0 Å². The molecule has 21 heavy (non-hydrogen) atoms.